The van der Waals surface area contributed by atoms with Gasteiger partial charge in [-0.2, -0.15) is 0 Å². The molecule has 0 saturated carbocycles. The number of carbonyl (C=O) groups is 2. The number of thioether (sulfide) groups is 1. The monoisotopic (exact) mass is 875 g/mol. The molecular weight excluding hydrogens is 823 g/mol. The Morgan fingerprint density at radius 3 is 1.48 bits per heavy atom. The first-order valence-electron chi connectivity index (χ1n) is 21.3. The zero-order valence-electron chi connectivity index (χ0n) is 35.0. The van der Waals surface area contributed by atoms with E-state index >= 15 is 0 Å². The van der Waals surface area contributed by atoms with Crippen LogP contribution in [0.25, 0.3) is 0 Å². The van der Waals surface area contributed by atoms with Crippen molar-refractivity contribution in [1.82, 2.24) is 4.90 Å². The van der Waals surface area contributed by atoms with E-state index in [0.29, 0.717) is 5.75 Å². The van der Waals surface area contributed by atoms with Gasteiger partial charge in [-0.25, -0.2) is 0 Å². The number of fused-ring (bicyclic) bond motifs is 1. The molecule has 2 amide bonds. The molecule has 2 saturated heterocycles. The molecular formula is C50H53NO11S. The molecule has 0 aliphatic carbocycles. The second kappa shape index (κ2) is 21.7. The van der Waals surface area contributed by atoms with Gasteiger partial charge in [0, 0.05) is 0 Å². The number of benzene rings is 5. The first-order valence-corrected chi connectivity index (χ1v) is 22.4. The van der Waals surface area contributed by atoms with E-state index in [1.807, 2.05) is 128 Å². The van der Waals surface area contributed by atoms with E-state index in [2.05, 4.69) is 0 Å². The van der Waals surface area contributed by atoms with Crippen molar-refractivity contribution < 1.29 is 53.0 Å². The Kier molecular flexibility index (Phi) is 15.5. The molecule has 0 unspecified atom stereocenters. The highest BCUT2D eigenvalue weighted by Crippen LogP contribution is 2.40. The fourth-order valence-corrected chi connectivity index (χ4v) is 9.23. The van der Waals surface area contributed by atoms with Gasteiger partial charge in [-0.1, -0.05) is 140 Å². The van der Waals surface area contributed by atoms with Gasteiger partial charge in [0.1, 0.15) is 54.2 Å². The van der Waals surface area contributed by atoms with Crippen molar-refractivity contribution >= 4 is 23.6 Å². The Hall–Kier alpha value is -4.77. The maximum Gasteiger partial charge on any atom is 0.262 e. The number of ether oxygens (including phenoxy) is 7. The van der Waals surface area contributed by atoms with E-state index in [1.54, 1.807) is 24.3 Å². The lowest BCUT2D eigenvalue weighted by molar-refractivity contribution is -0.343. The van der Waals surface area contributed by atoms with Gasteiger partial charge in [0.15, 0.2) is 6.29 Å². The summed E-state index contributed by atoms with van der Waals surface area (Å²) in [5.41, 5.74) is 3.29. The van der Waals surface area contributed by atoms with Gasteiger partial charge in [-0.3, -0.25) is 14.5 Å². The van der Waals surface area contributed by atoms with E-state index in [4.69, 9.17) is 33.2 Å². The zero-order chi connectivity index (χ0) is 43.5. The molecule has 2 fully saturated rings. The van der Waals surface area contributed by atoms with Crippen LogP contribution in [0.3, 0.4) is 0 Å². The van der Waals surface area contributed by atoms with Crippen LogP contribution < -0.4 is 0 Å². The summed E-state index contributed by atoms with van der Waals surface area (Å²) in [4.78, 5) is 29.5. The third-order valence-corrected chi connectivity index (χ3v) is 12.4. The SMILES string of the molecule is CCS[C@@H]1O[C@H](COCc2ccccc2)[C@@H](O)[C@H](O[C@@H]2O[C@H](COCc3ccccc3)[C@H](OCc3ccccc3)[C@H](OCc3ccccc3)[C@H]2O)[C@H]1N1C(=O)c2ccccc2C1=O. The van der Waals surface area contributed by atoms with Gasteiger partial charge < -0.3 is 43.4 Å². The van der Waals surface area contributed by atoms with Crippen molar-refractivity contribution in [1.29, 1.82) is 0 Å². The molecule has 0 bridgehead atoms. The minimum Gasteiger partial charge on any atom is -0.388 e. The zero-order valence-corrected chi connectivity index (χ0v) is 35.8. The fraction of sp³-hybridized carbons (Fsp3) is 0.360. The molecule has 0 radical (unpaired) electrons. The van der Waals surface area contributed by atoms with Crippen LogP contribution in [-0.2, 0) is 59.6 Å². The normalized spacial score (nSPS) is 27.1. The third-order valence-electron chi connectivity index (χ3n) is 11.4. The highest BCUT2D eigenvalue weighted by molar-refractivity contribution is 7.99. The number of hydrogen-bond acceptors (Lipinski definition) is 12. The molecule has 5 aromatic carbocycles. The summed E-state index contributed by atoms with van der Waals surface area (Å²) in [7, 11) is 0. The number of aliphatic hydroxyl groups excluding tert-OH is 2. The van der Waals surface area contributed by atoms with E-state index in [0.717, 1.165) is 27.2 Å². The first kappa shape index (κ1) is 44.8. The van der Waals surface area contributed by atoms with Gasteiger partial charge in [-0.05, 0) is 40.1 Å². The summed E-state index contributed by atoms with van der Waals surface area (Å²) in [6.07, 6.45) is -9.41. The predicted octanol–water partition coefficient (Wildman–Crippen LogP) is 6.57. The maximum atomic E-state index is 14.2. The Bertz CT molecular complexity index is 2170. The summed E-state index contributed by atoms with van der Waals surface area (Å²) in [5, 5.41) is 24.8. The highest BCUT2D eigenvalue weighted by Gasteiger charge is 2.57. The lowest BCUT2D eigenvalue weighted by Gasteiger charge is -2.50. The molecule has 12 nitrogen and oxygen atoms in total. The lowest BCUT2D eigenvalue weighted by Crippen LogP contribution is -2.68. The van der Waals surface area contributed by atoms with Crippen LogP contribution in [0.2, 0.25) is 0 Å². The van der Waals surface area contributed by atoms with E-state index in [-0.39, 0.29) is 50.8 Å². The van der Waals surface area contributed by atoms with Gasteiger partial charge in [0.25, 0.3) is 11.8 Å². The molecule has 8 rings (SSSR count). The average Bonchev–Trinajstić information content (AvgIpc) is 3.57. The Morgan fingerprint density at radius 2 is 0.984 bits per heavy atom. The molecule has 2 N–H and O–H groups in total. The molecule has 3 heterocycles. The maximum absolute atomic E-state index is 14.2. The molecule has 330 valence electrons. The topological polar surface area (TPSA) is 142 Å². The van der Waals surface area contributed by atoms with Crippen molar-refractivity contribution in [2.45, 2.75) is 93.8 Å². The molecule has 13 heteroatoms. The first-order chi connectivity index (χ1) is 30.9. The smallest absolute Gasteiger partial charge is 0.262 e. The van der Waals surface area contributed by atoms with Gasteiger partial charge in [0.05, 0.1) is 50.8 Å². The van der Waals surface area contributed by atoms with Crippen molar-refractivity contribution in [3.63, 3.8) is 0 Å². The average molecular weight is 876 g/mol. The number of imide groups is 1. The van der Waals surface area contributed by atoms with Crippen molar-refractivity contribution in [2.24, 2.45) is 0 Å². The van der Waals surface area contributed by atoms with Crippen LogP contribution in [0, 0.1) is 0 Å². The lowest BCUT2D eigenvalue weighted by atomic mass is 9.95. The molecule has 0 aromatic heterocycles. The number of nitrogens with zero attached hydrogens (tertiary/aromatic N) is 1. The van der Waals surface area contributed by atoms with Crippen molar-refractivity contribution in [3.05, 3.63) is 179 Å². The summed E-state index contributed by atoms with van der Waals surface area (Å²) < 4.78 is 45.6. The quantitative estimate of drug-likeness (QED) is 0.0868. The Labute approximate surface area is 372 Å². The van der Waals surface area contributed by atoms with E-state index in [1.165, 1.54) is 11.8 Å². The summed E-state index contributed by atoms with van der Waals surface area (Å²) >= 11 is 1.37. The number of hydrogen-bond donors (Lipinski definition) is 2. The minimum absolute atomic E-state index is 0.0224. The minimum atomic E-state index is -1.48. The predicted molar refractivity (Wildman–Crippen MR) is 235 cm³/mol. The fourth-order valence-electron chi connectivity index (χ4n) is 8.21. The second-order valence-corrected chi connectivity index (χ2v) is 17.0. The van der Waals surface area contributed by atoms with Crippen LogP contribution in [0.15, 0.2) is 146 Å². The third kappa shape index (κ3) is 10.8. The van der Waals surface area contributed by atoms with Crippen LogP contribution in [0.5, 0.6) is 0 Å². The molecule has 3 aliphatic rings. The van der Waals surface area contributed by atoms with Crippen LogP contribution in [-0.4, -0.2) is 106 Å². The number of amides is 2. The van der Waals surface area contributed by atoms with E-state index in [9.17, 15) is 19.8 Å². The molecule has 0 spiro atoms. The number of rotatable bonds is 19. The van der Waals surface area contributed by atoms with Gasteiger partial charge in [-0.15, -0.1) is 11.8 Å². The Balaban J connectivity index is 1.12. The standard InChI is InChI=1S/C50H53NO11S/c1-2-63-50-41(51-47(54)37-25-15-16-26-38(37)48(51)55)45(42(52)39(61-50)31-56-27-33-17-7-3-8-18-33)62-49-43(53)46(59-30-36-23-13-6-14-24-36)44(58-29-35-21-11-5-12-22-35)40(60-49)32-57-28-34-19-9-4-10-20-34/h3-26,39-46,49-50,52-53H,2,27-32H2,1H3/t39-,40-,41-,42-,43-,44+,45-,46-,49+,50+/m1/s1. The van der Waals surface area contributed by atoms with Crippen molar-refractivity contribution in [3.8, 4) is 0 Å². The Morgan fingerprint density at radius 1 is 0.540 bits per heavy atom. The van der Waals surface area contributed by atoms with E-state index < -0.39 is 72.3 Å². The highest BCUT2D eigenvalue weighted by atomic mass is 32.2. The summed E-state index contributed by atoms with van der Waals surface area (Å²) in [6.45, 7) is 2.78. The molecule has 63 heavy (non-hydrogen) atoms. The largest absolute Gasteiger partial charge is 0.388 e. The number of carbonyl (C=O) groups excluding carboxylic acids is 2. The van der Waals surface area contributed by atoms with Crippen molar-refractivity contribution in [2.75, 3.05) is 19.0 Å². The number of aliphatic hydroxyl groups is 2. The van der Waals surface area contributed by atoms with Crippen LogP contribution in [0.1, 0.15) is 49.9 Å². The second-order valence-electron chi connectivity index (χ2n) is 15.7. The van der Waals surface area contributed by atoms with Crippen LogP contribution >= 0.6 is 11.8 Å². The summed E-state index contributed by atoms with van der Waals surface area (Å²) in [5.74, 6) is -0.535. The molecule has 3 aliphatic heterocycles. The van der Waals surface area contributed by atoms with Gasteiger partial charge in [0.2, 0.25) is 0 Å². The van der Waals surface area contributed by atoms with Gasteiger partial charge >= 0.3 is 0 Å². The van der Waals surface area contributed by atoms with Crippen LogP contribution in [0.4, 0.5) is 0 Å². The molecule has 10 atom stereocenters. The molecule has 5 aromatic rings. The summed E-state index contributed by atoms with van der Waals surface area (Å²) in [6, 6.07) is 44.1.